The third-order valence-corrected chi connectivity index (χ3v) is 5.89. The fourth-order valence-corrected chi connectivity index (χ4v) is 4.28. The van der Waals surface area contributed by atoms with Crippen molar-refractivity contribution in [1.82, 2.24) is 4.90 Å². The second kappa shape index (κ2) is 7.95. The predicted octanol–water partition coefficient (Wildman–Crippen LogP) is 4.00. The lowest BCUT2D eigenvalue weighted by molar-refractivity contribution is 0.375. The van der Waals surface area contributed by atoms with E-state index in [1.54, 1.807) is 12.1 Å². The number of amidine groups is 1. The zero-order valence-corrected chi connectivity index (χ0v) is 15.3. The Balaban J connectivity index is 2.39. The lowest BCUT2D eigenvalue weighted by Gasteiger charge is -2.31. The molecular weight excluding hydrogens is 308 g/mol. The highest BCUT2D eigenvalue weighted by atomic mass is 32.2. The Morgan fingerprint density at radius 3 is 2.17 bits per heavy atom. The Bertz CT molecular complexity index is 625. The van der Waals surface area contributed by atoms with Crippen molar-refractivity contribution < 1.29 is 8.42 Å². The maximum atomic E-state index is 12.7. The molecule has 4 nitrogen and oxygen atoms in total. The van der Waals surface area contributed by atoms with E-state index in [9.17, 15) is 8.42 Å². The number of hydrogen-bond acceptors (Lipinski definition) is 2. The Morgan fingerprint density at radius 1 is 1.09 bits per heavy atom. The second-order valence-corrected chi connectivity index (χ2v) is 7.85. The summed E-state index contributed by atoms with van der Waals surface area (Å²) in [5.41, 5.74) is 1.05. The molecule has 1 saturated carbocycles. The van der Waals surface area contributed by atoms with Gasteiger partial charge in [0.15, 0.2) is 0 Å². The predicted molar refractivity (Wildman–Crippen MR) is 95.3 cm³/mol. The number of nitrogens with zero attached hydrogens (tertiary/aromatic N) is 2. The van der Waals surface area contributed by atoms with E-state index < -0.39 is 10.0 Å². The van der Waals surface area contributed by atoms with Gasteiger partial charge < -0.3 is 4.90 Å². The molecule has 1 aliphatic carbocycles. The average molecular weight is 337 g/mol. The van der Waals surface area contributed by atoms with Gasteiger partial charge in [0.1, 0.15) is 5.84 Å². The van der Waals surface area contributed by atoms with Gasteiger partial charge in [-0.25, -0.2) is 0 Å². The van der Waals surface area contributed by atoms with Crippen LogP contribution in [0.15, 0.2) is 33.6 Å². The first-order valence-electron chi connectivity index (χ1n) is 8.64. The van der Waals surface area contributed by atoms with Gasteiger partial charge in [0.05, 0.1) is 4.90 Å². The zero-order chi connectivity index (χ0) is 16.9. The number of hydrogen-bond donors (Lipinski definition) is 0. The van der Waals surface area contributed by atoms with Crippen LogP contribution in [0.1, 0.15) is 51.5 Å². The summed E-state index contributed by atoms with van der Waals surface area (Å²) in [6.07, 6.45) is 5.65. The van der Waals surface area contributed by atoms with Gasteiger partial charge >= 0.3 is 0 Å². The molecule has 1 aliphatic rings. The minimum absolute atomic E-state index is 0.267. The average Bonchev–Trinajstić information content (AvgIpc) is 2.56. The van der Waals surface area contributed by atoms with E-state index in [1.807, 2.05) is 19.1 Å². The van der Waals surface area contributed by atoms with Crippen LogP contribution >= 0.6 is 0 Å². The molecule has 0 aromatic heterocycles. The molecule has 1 aromatic rings. The van der Waals surface area contributed by atoms with Crippen LogP contribution in [0.4, 0.5) is 0 Å². The molecule has 2 rings (SSSR count). The van der Waals surface area contributed by atoms with Gasteiger partial charge in [-0.05, 0) is 45.7 Å². The smallest absolute Gasteiger partial charge is 0.283 e. The number of sulfonamides is 1. The van der Waals surface area contributed by atoms with Crippen LogP contribution in [0, 0.1) is 12.8 Å². The molecule has 0 amide bonds. The maximum Gasteiger partial charge on any atom is 0.283 e. The minimum atomic E-state index is -3.64. The summed E-state index contributed by atoms with van der Waals surface area (Å²) >= 11 is 0. The van der Waals surface area contributed by atoms with Gasteiger partial charge in [0.2, 0.25) is 0 Å². The molecule has 5 heteroatoms. The van der Waals surface area contributed by atoms with Crippen LogP contribution in [0.25, 0.3) is 0 Å². The van der Waals surface area contributed by atoms with Gasteiger partial charge in [-0.15, -0.1) is 4.40 Å². The molecule has 0 bridgehead atoms. The summed E-state index contributed by atoms with van der Waals surface area (Å²) in [5.74, 6) is 1.03. The van der Waals surface area contributed by atoms with Crippen LogP contribution in [0.5, 0.6) is 0 Å². The van der Waals surface area contributed by atoms with Crippen molar-refractivity contribution in [3.8, 4) is 0 Å². The molecule has 0 saturated heterocycles. The molecule has 128 valence electrons. The van der Waals surface area contributed by atoms with Gasteiger partial charge in [0.25, 0.3) is 10.0 Å². The number of aryl methyl sites for hydroxylation is 1. The first-order chi connectivity index (χ1) is 11.0. The van der Waals surface area contributed by atoms with Crippen LogP contribution in [0.2, 0.25) is 0 Å². The highest BCUT2D eigenvalue weighted by Gasteiger charge is 2.26. The van der Waals surface area contributed by atoms with Crippen molar-refractivity contribution in [2.45, 2.75) is 57.8 Å². The van der Waals surface area contributed by atoms with Gasteiger partial charge in [-0.3, -0.25) is 0 Å². The van der Waals surface area contributed by atoms with Crippen molar-refractivity contribution in [3.05, 3.63) is 29.8 Å². The molecule has 0 aliphatic heterocycles. The monoisotopic (exact) mass is 336 g/mol. The summed E-state index contributed by atoms with van der Waals surface area (Å²) in [4.78, 5) is 2.38. The fraction of sp³-hybridized carbons (Fsp3) is 0.611. The van der Waals surface area contributed by atoms with E-state index in [1.165, 1.54) is 6.42 Å². The van der Waals surface area contributed by atoms with Crippen LogP contribution in [-0.4, -0.2) is 32.2 Å². The van der Waals surface area contributed by atoms with Crippen molar-refractivity contribution in [1.29, 1.82) is 0 Å². The second-order valence-electron chi connectivity index (χ2n) is 6.24. The summed E-state index contributed by atoms with van der Waals surface area (Å²) in [7, 11) is -3.64. The van der Waals surface area contributed by atoms with Gasteiger partial charge in [-0.2, -0.15) is 8.42 Å². The van der Waals surface area contributed by atoms with E-state index in [2.05, 4.69) is 23.1 Å². The Labute approximate surface area is 140 Å². The van der Waals surface area contributed by atoms with Crippen molar-refractivity contribution in [2.24, 2.45) is 10.3 Å². The summed E-state index contributed by atoms with van der Waals surface area (Å²) in [6.45, 7) is 7.63. The Morgan fingerprint density at radius 2 is 1.65 bits per heavy atom. The third kappa shape index (κ3) is 4.56. The van der Waals surface area contributed by atoms with Crippen molar-refractivity contribution in [3.63, 3.8) is 0 Å². The lowest BCUT2D eigenvalue weighted by atomic mass is 9.88. The highest BCUT2D eigenvalue weighted by molar-refractivity contribution is 7.90. The van der Waals surface area contributed by atoms with Crippen molar-refractivity contribution >= 4 is 15.9 Å². The molecule has 0 N–H and O–H groups in total. The van der Waals surface area contributed by atoms with Crippen LogP contribution < -0.4 is 0 Å². The van der Waals surface area contributed by atoms with E-state index in [0.29, 0.717) is 0 Å². The first kappa shape index (κ1) is 18.0. The Hall–Kier alpha value is -1.36. The van der Waals surface area contributed by atoms with Crippen molar-refractivity contribution in [2.75, 3.05) is 13.1 Å². The first-order valence-corrected chi connectivity index (χ1v) is 10.1. The molecule has 0 spiro atoms. The molecule has 0 heterocycles. The number of rotatable bonds is 5. The standard InChI is InChI=1S/C18H28N2O2S/c1-4-20(5-2)18(16-9-7-6-8-10-16)19-23(21,22)17-13-11-15(3)12-14-17/h11-14,16H,4-10H2,1-3H3. The molecule has 23 heavy (non-hydrogen) atoms. The summed E-state index contributed by atoms with van der Waals surface area (Å²) in [5, 5.41) is 0. The third-order valence-electron chi connectivity index (χ3n) is 4.59. The number of benzene rings is 1. The molecule has 0 unspecified atom stereocenters. The quantitative estimate of drug-likeness (QED) is 0.603. The van der Waals surface area contributed by atoms with Gasteiger partial charge in [-0.1, -0.05) is 37.0 Å². The summed E-state index contributed by atoms with van der Waals surface area (Å²) in [6, 6.07) is 6.93. The zero-order valence-electron chi connectivity index (χ0n) is 14.5. The van der Waals surface area contributed by atoms with E-state index in [0.717, 1.165) is 50.2 Å². The lowest BCUT2D eigenvalue weighted by Crippen LogP contribution is -2.37. The fourth-order valence-electron chi connectivity index (χ4n) is 3.18. The topological polar surface area (TPSA) is 49.7 Å². The van der Waals surface area contributed by atoms with E-state index in [-0.39, 0.29) is 10.8 Å². The molecule has 1 fully saturated rings. The highest BCUT2D eigenvalue weighted by Crippen LogP contribution is 2.27. The van der Waals surface area contributed by atoms with Gasteiger partial charge in [0, 0.05) is 19.0 Å². The van der Waals surface area contributed by atoms with E-state index in [4.69, 9.17) is 0 Å². The SMILES string of the molecule is CCN(CC)C(=NS(=O)(=O)c1ccc(C)cc1)C1CCCCC1. The van der Waals surface area contributed by atoms with Crippen LogP contribution in [0.3, 0.4) is 0 Å². The molecule has 0 atom stereocenters. The minimum Gasteiger partial charge on any atom is -0.360 e. The molecule has 1 aromatic carbocycles. The Kier molecular flexibility index (Phi) is 6.22. The summed E-state index contributed by atoms with van der Waals surface area (Å²) < 4.78 is 29.7. The van der Waals surface area contributed by atoms with E-state index >= 15 is 0 Å². The largest absolute Gasteiger partial charge is 0.360 e. The maximum absolute atomic E-state index is 12.7. The van der Waals surface area contributed by atoms with Crippen LogP contribution in [-0.2, 0) is 10.0 Å². The molecule has 0 radical (unpaired) electrons. The normalized spacial score (nSPS) is 17.3. The molecular formula is C18H28N2O2S.